The summed E-state index contributed by atoms with van der Waals surface area (Å²) in [6.07, 6.45) is 5.42. The fourth-order valence-electron chi connectivity index (χ4n) is 6.67. The van der Waals surface area contributed by atoms with Gasteiger partial charge < -0.3 is 0 Å². The zero-order valence-electron chi connectivity index (χ0n) is 24.8. The molecule has 4 heteroatoms. The first-order chi connectivity index (χ1) is 22.8. The maximum atomic E-state index is 5.30. The van der Waals surface area contributed by atoms with Crippen molar-refractivity contribution in [2.24, 2.45) is 0 Å². The molecule has 0 fully saturated rings. The van der Waals surface area contributed by atoms with Gasteiger partial charge in [-0.15, -0.1) is 0 Å². The first-order valence-electron chi connectivity index (χ1n) is 15.4. The number of hydrogen-bond acceptors (Lipinski definition) is 4. The van der Waals surface area contributed by atoms with Crippen LogP contribution in [0.25, 0.3) is 88.1 Å². The Morgan fingerprint density at radius 3 is 1.80 bits per heavy atom. The molecule has 9 rings (SSSR count). The van der Waals surface area contributed by atoms with Gasteiger partial charge in [-0.05, 0) is 55.9 Å². The number of aromatic nitrogens is 4. The van der Waals surface area contributed by atoms with Crippen LogP contribution in [0.3, 0.4) is 0 Å². The molecule has 0 amide bonds. The van der Waals surface area contributed by atoms with Gasteiger partial charge in [0.1, 0.15) is 6.33 Å². The molecular weight excluding hydrogens is 560 g/mol. The highest BCUT2D eigenvalue weighted by Crippen LogP contribution is 2.43. The van der Waals surface area contributed by atoms with Crippen molar-refractivity contribution in [3.8, 4) is 44.8 Å². The maximum Gasteiger partial charge on any atom is 0.159 e. The van der Waals surface area contributed by atoms with E-state index in [1.165, 1.54) is 27.3 Å². The minimum absolute atomic E-state index is 0.680. The molecule has 9 aromatic rings. The molecule has 0 spiro atoms. The lowest BCUT2D eigenvalue weighted by Gasteiger charge is -2.17. The van der Waals surface area contributed by atoms with Crippen molar-refractivity contribution in [2.45, 2.75) is 0 Å². The molecule has 7 aromatic carbocycles. The number of benzene rings is 7. The molecule has 0 unspecified atom stereocenters. The van der Waals surface area contributed by atoms with Crippen LogP contribution in [0.15, 0.2) is 158 Å². The molecule has 0 aliphatic rings. The number of fused-ring (bicyclic) bond motifs is 5. The smallest absolute Gasteiger partial charge is 0.159 e. The molecule has 0 N–H and O–H groups in total. The molecule has 4 nitrogen and oxygen atoms in total. The summed E-state index contributed by atoms with van der Waals surface area (Å²) >= 11 is 0. The van der Waals surface area contributed by atoms with Gasteiger partial charge in [0.2, 0.25) is 0 Å². The van der Waals surface area contributed by atoms with Crippen molar-refractivity contribution in [2.75, 3.05) is 0 Å². The van der Waals surface area contributed by atoms with E-state index in [9.17, 15) is 0 Å². The molecular formula is C42H26N4. The molecule has 2 aromatic heterocycles. The molecule has 0 radical (unpaired) electrons. The summed E-state index contributed by atoms with van der Waals surface area (Å²) in [5.41, 5.74) is 9.42. The quantitative estimate of drug-likeness (QED) is 0.193. The van der Waals surface area contributed by atoms with Crippen LogP contribution in [0.1, 0.15) is 0 Å². The van der Waals surface area contributed by atoms with Crippen molar-refractivity contribution >= 4 is 43.4 Å². The highest BCUT2D eigenvalue weighted by molar-refractivity contribution is 6.19. The van der Waals surface area contributed by atoms with Crippen LogP contribution in [-0.2, 0) is 0 Å². The SMILES string of the molecule is c1ccc(-c2c(-c3ccccc3)c3nc(-c4ccc5cc(-c6cccc7ccccc67)ccc5c4)ncc3c3cncnc23)cc1. The zero-order valence-corrected chi connectivity index (χ0v) is 24.8. The predicted octanol–water partition coefficient (Wildman–Crippen LogP) is 10.5. The van der Waals surface area contributed by atoms with Crippen LogP contribution in [0, 0.1) is 0 Å². The second kappa shape index (κ2) is 10.7. The van der Waals surface area contributed by atoms with E-state index in [2.05, 4.69) is 132 Å². The van der Waals surface area contributed by atoms with Gasteiger partial charge in [-0.25, -0.2) is 19.9 Å². The van der Waals surface area contributed by atoms with Crippen molar-refractivity contribution in [1.82, 2.24) is 19.9 Å². The van der Waals surface area contributed by atoms with Crippen molar-refractivity contribution in [1.29, 1.82) is 0 Å². The molecule has 0 saturated carbocycles. The van der Waals surface area contributed by atoms with Gasteiger partial charge in [-0.1, -0.05) is 127 Å². The van der Waals surface area contributed by atoms with Gasteiger partial charge in [0.15, 0.2) is 5.82 Å². The summed E-state index contributed by atoms with van der Waals surface area (Å²) < 4.78 is 0. The van der Waals surface area contributed by atoms with Gasteiger partial charge in [0.25, 0.3) is 0 Å². The molecule has 2 heterocycles. The van der Waals surface area contributed by atoms with Crippen molar-refractivity contribution in [3.63, 3.8) is 0 Å². The van der Waals surface area contributed by atoms with Gasteiger partial charge >= 0.3 is 0 Å². The van der Waals surface area contributed by atoms with Crippen molar-refractivity contribution < 1.29 is 0 Å². The van der Waals surface area contributed by atoms with Crippen LogP contribution in [0.4, 0.5) is 0 Å². The summed E-state index contributed by atoms with van der Waals surface area (Å²) in [6, 6.07) is 49.1. The van der Waals surface area contributed by atoms with Gasteiger partial charge in [0, 0.05) is 39.9 Å². The predicted molar refractivity (Wildman–Crippen MR) is 189 cm³/mol. The Bertz CT molecular complexity index is 2570. The molecule has 0 bridgehead atoms. The summed E-state index contributed by atoms with van der Waals surface area (Å²) in [6.45, 7) is 0. The summed E-state index contributed by atoms with van der Waals surface area (Å²) in [5.74, 6) is 0.680. The number of nitrogens with zero attached hydrogens (tertiary/aromatic N) is 4. The van der Waals surface area contributed by atoms with Crippen LogP contribution in [-0.4, -0.2) is 19.9 Å². The monoisotopic (exact) mass is 586 g/mol. The first kappa shape index (κ1) is 26.2. The van der Waals surface area contributed by atoms with E-state index in [-0.39, 0.29) is 0 Å². The van der Waals surface area contributed by atoms with E-state index in [1.807, 2.05) is 24.5 Å². The number of rotatable bonds is 4. The third-order valence-corrected chi connectivity index (χ3v) is 8.84. The van der Waals surface area contributed by atoms with E-state index in [4.69, 9.17) is 15.0 Å². The fraction of sp³-hybridized carbons (Fsp3) is 0. The zero-order chi connectivity index (χ0) is 30.5. The lowest BCUT2D eigenvalue weighted by Crippen LogP contribution is -1.98. The first-order valence-corrected chi connectivity index (χ1v) is 15.4. The lowest BCUT2D eigenvalue weighted by atomic mass is 9.89. The average molecular weight is 587 g/mol. The fourth-order valence-corrected chi connectivity index (χ4v) is 6.67. The Balaban J connectivity index is 1.24. The van der Waals surface area contributed by atoms with Crippen LogP contribution in [0.5, 0.6) is 0 Å². The Hall–Kier alpha value is -6.26. The molecule has 0 aliphatic heterocycles. The Morgan fingerprint density at radius 2 is 1.02 bits per heavy atom. The van der Waals surface area contributed by atoms with E-state index in [1.54, 1.807) is 6.33 Å². The highest BCUT2D eigenvalue weighted by atomic mass is 14.9. The minimum Gasteiger partial charge on any atom is -0.244 e. The van der Waals surface area contributed by atoms with Gasteiger partial charge in [0.05, 0.1) is 11.0 Å². The van der Waals surface area contributed by atoms with Crippen LogP contribution < -0.4 is 0 Å². The third-order valence-electron chi connectivity index (χ3n) is 8.84. The highest BCUT2D eigenvalue weighted by Gasteiger charge is 2.21. The Kier molecular flexibility index (Phi) is 6.10. The molecule has 0 saturated heterocycles. The van der Waals surface area contributed by atoms with Crippen molar-refractivity contribution in [3.05, 3.63) is 158 Å². The maximum absolute atomic E-state index is 5.30. The van der Waals surface area contributed by atoms with Gasteiger partial charge in [-0.3, -0.25) is 0 Å². The van der Waals surface area contributed by atoms with Gasteiger partial charge in [-0.2, -0.15) is 0 Å². The number of hydrogen-bond donors (Lipinski definition) is 0. The van der Waals surface area contributed by atoms with E-state index >= 15 is 0 Å². The molecule has 0 atom stereocenters. The minimum atomic E-state index is 0.680. The third kappa shape index (κ3) is 4.31. The summed E-state index contributed by atoms with van der Waals surface area (Å²) in [5, 5.41) is 6.68. The molecule has 46 heavy (non-hydrogen) atoms. The van der Waals surface area contributed by atoms with E-state index in [0.29, 0.717) is 5.82 Å². The Labute approximate surface area is 265 Å². The summed E-state index contributed by atoms with van der Waals surface area (Å²) in [7, 11) is 0. The van der Waals surface area contributed by atoms with E-state index < -0.39 is 0 Å². The second-order valence-electron chi connectivity index (χ2n) is 11.5. The average Bonchev–Trinajstić information content (AvgIpc) is 3.14. The molecule has 214 valence electrons. The summed E-state index contributed by atoms with van der Waals surface area (Å²) in [4.78, 5) is 19.4. The normalized spacial score (nSPS) is 11.5. The standard InChI is InChI=1S/C42H26N4/c1-3-11-28(12-4-1)38-39(29-13-5-2-6-14-29)41-37(36-24-43-26-45-40(36)38)25-44-42(46-41)33-21-19-30-22-32(20-18-31(30)23-33)35-17-9-15-27-10-7-8-16-34(27)35/h1-26H. The van der Waals surface area contributed by atoms with Crippen LogP contribution in [0.2, 0.25) is 0 Å². The molecule has 0 aliphatic carbocycles. The van der Waals surface area contributed by atoms with E-state index in [0.717, 1.165) is 55.0 Å². The second-order valence-corrected chi connectivity index (χ2v) is 11.5. The van der Waals surface area contributed by atoms with Crippen LogP contribution >= 0.6 is 0 Å². The topological polar surface area (TPSA) is 51.6 Å². The lowest BCUT2D eigenvalue weighted by molar-refractivity contribution is 1.21. The largest absolute Gasteiger partial charge is 0.244 e. The Morgan fingerprint density at radius 1 is 0.391 bits per heavy atom.